The third-order valence-corrected chi connectivity index (χ3v) is 3.78. The zero-order valence-corrected chi connectivity index (χ0v) is 11.3. The smallest absolute Gasteiger partial charge is 0.122 e. The Balaban J connectivity index is 1.91. The van der Waals surface area contributed by atoms with Gasteiger partial charge in [0.15, 0.2) is 0 Å². The fourth-order valence-corrected chi connectivity index (χ4v) is 2.77. The van der Waals surface area contributed by atoms with Crippen molar-refractivity contribution in [3.8, 4) is 5.75 Å². The molecular formula is C15H24N2O. The lowest BCUT2D eigenvalue weighted by Gasteiger charge is -2.17. The van der Waals surface area contributed by atoms with Crippen LogP contribution in [0.1, 0.15) is 30.7 Å². The molecule has 18 heavy (non-hydrogen) atoms. The summed E-state index contributed by atoms with van der Waals surface area (Å²) in [6, 6.07) is 8.41. The van der Waals surface area contributed by atoms with Gasteiger partial charge in [0.2, 0.25) is 0 Å². The fourth-order valence-electron chi connectivity index (χ4n) is 2.77. The Morgan fingerprint density at radius 3 is 2.94 bits per heavy atom. The van der Waals surface area contributed by atoms with Crippen molar-refractivity contribution in [1.82, 2.24) is 4.90 Å². The van der Waals surface area contributed by atoms with Crippen molar-refractivity contribution in [3.05, 3.63) is 29.8 Å². The average molecular weight is 248 g/mol. The molecule has 1 aromatic rings. The maximum atomic E-state index is 5.53. The number of hydrogen-bond acceptors (Lipinski definition) is 3. The third-order valence-electron chi connectivity index (χ3n) is 3.78. The molecule has 3 heteroatoms. The standard InChI is InChI=1S/C15H24N2O/c1-18-15-7-3-2-6-14(15)13-8-11-17(12-13)10-5-4-9-16/h2-3,6-7,13H,4-5,8-12,16H2,1H3/t13-/m0/s1. The van der Waals surface area contributed by atoms with E-state index in [9.17, 15) is 0 Å². The van der Waals surface area contributed by atoms with Gasteiger partial charge in [-0.2, -0.15) is 0 Å². The summed E-state index contributed by atoms with van der Waals surface area (Å²) in [5.41, 5.74) is 6.90. The van der Waals surface area contributed by atoms with Gasteiger partial charge in [0.05, 0.1) is 7.11 Å². The normalized spacial score (nSPS) is 20.2. The molecule has 1 heterocycles. The number of para-hydroxylation sites is 1. The summed E-state index contributed by atoms with van der Waals surface area (Å²) in [4.78, 5) is 2.55. The Morgan fingerprint density at radius 1 is 1.33 bits per heavy atom. The molecule has 2 N–H and O–H groups in total. The summed E-state index contributed by atoms with van der Waals surface area (Å²) < 4.78 is 5.46. The van der Waals surface area contributed by atoms with Crippen LogP contribution in [0.5, 0.6) is 5.75 Å². The van der Waals surface area contributed by atoms with E-state index in [0.29, 0.717) is 5.92 Å². The molecule has 0 aromatic heterocycles. The van der Waals surface area contributed by atoms with E-state index in [1.165, 1.54) is 31.5 Å². The van der Waals surface area contributed by atoms with Crippen molar-refractivity contribution < 1.29 is 4.74 Å². The lowest BCUT2D eigenvalue weighted by atomic mass is 9.97. The molecular weight excluding hydrogens is 224 g/mol. The maximum Gasteiger partial charge on any atom is 0.122 e. The summed E-state index contributed by atoms with van der Waals surface area (Å²) in [6.07, 6.45) is 3.59. The lowest BCUT2D eigenvalue weighted by molar-refractivity contribution is 0.325. The Hall–Kier alpha value is -1.06. The molecule has 1 aliphatic rings. The van der Waals surface area contributed by atoms with Gasteiger partial charge >= 0.3 is 0 Å². The van der Waals surface area contributed by atoms with Crippen molar-refractivity contribution >= 4 is 0 Å². The third kappa shape index (κ3) is 3.24. The van der Waals surface area contributed by atoms with Gasteiger partial charge in [-0.3, -0.25) is 0 Å². The van der Waals surface area contributed by atoms with Crippen molar-refractivity contribution in [3.63, 3.8) is 0 Å². The first-order chi connectivity index (χ1) is 8.85. The van der Waals surface area contributed by atoms with E-state index in [0.717, 1.165) is 25.3 Å². The molecule has 1 fully saturated rings. The molecule has 0 unspecified atom stereocenters. The van der Waals surface area contributed by atoms with Gasteiger partial charge in [0.25, 0.3) is 0 Å². The first-order valence-electron chi connectivity index (χ1n) is 6.90. The summed E-state index contributed by atoms with van der Waals surface area (Å²) in [5.74, 6) is 1.66. The van der Waals surface area contributed by atoms with Gasteiger partial charge in [-0.05, 0) is 50.5 Å². The van der Waals surface area contributed by atoms with Crippen LogP contribution in [0.25, 0.3) is 0 Å². The molecule has 0 aliphatic carbocycles. The van der Waals surface area contributed by atoms with Crippen molar-refractivity contribution in [2.75, 3.05) is 33.3 Å². The Kier molecular flexibility index (Phi) is 5.02. The lowest BCUT2D eigenvalue weighted by Crippen LogP contribution is -2.22. The molecule has 1 atom stereocenters. The predicted molar refractivity (Wildman–Crippen MR) is 75.1 cm³/mol. The molecule has 0 saturated carbocycles. The van der Waals surface area contributed by atoms with E-state index in [1.54, 1.807) is 7.11 Å². The largest absolute Gasteiger partial charge is 0.496 e. The number of ether oxygens (including phenoxy) is 1. The first kappa shape index (κ1) is 13.4. The van der Waals surface area contributed by atoms with Gasteiger partial charge in [0, 0.05) is 12.5 Å². The monoisotopic (exact) mass is 248 g/mol. The number of hydrogen-bond donors (Lipinski definition) is 1. The highest BCUT2D eigenvalue weighted by Crippen LogP contribution is 2.33. The molecule has 3 nitrogen and oxygen atoms in total. The van der Waals surface area contributed by atoms with Crippen LogP contribution in [0.4, 0.5) is 0 Å². The highest BCUT2D eigenvalue weighted by Gasteiger charge is 2.25. The summed E-state index contributed by atoms with van der Waals surface area (Å²) in [6.45, 7) is 4.35. The van der Waals surface area contributed by atoms with E-state index in [4.69, 9.17) is 10.5 Å². The van der Waals surface area contributed by atoms with E-state index in [1.807, 2.05) is 6.07 Å². The number of rotatable bonds is 6. The van der Waals surface area contributed by atoms with E-state index in [2.05, 4.69) is 23.1 Å². The van der Waals surface area contributed by atoms with Crippen LogP contribution in [0.15, 0.2) is 24.3 Å². The van der Waals surface area contributed by atoms with Crippen molar-refractivity contribution in [2.45, 2.75) is 25.2 Å². The average Bonchev–Trinajstić information content (AvgIpc) is 2.88. The van der Waals surface area contributed by atoms with Gasteiger partial charge in [-0.1, -0.05) is 18.2 Å². The van der Waals surface area contributed by atoms with Crippen LogP contribution < -0.4 is 10.5 Å². The Labute approximate surface area is 110 Å². The number of unbranched alkanes of at least 4 members (excludes halogenated alkanes) is 1. The fraction of sp³-hybridized carbons (Fsp3) is 0.600. The minimum Gasteiger partial charge on any atom is -0.496 e. The van der Waals surface area contributed by atoms with Crippen molar-refractivity contribution in [2.24, 2.45) is 5.73 Å². The first-order valence-corrected chi connectivity index (χ1v) is 6.90. The second-order valence-electron chi connectivity index (χ2n) is 5.02. The molecule has 0 amide bonds. The number of benzene rings is 1. The molecule has 0 radical (unpaired) electrons. The quantitative estimate of drug-likeness (QED) is 0.785. The summed E-state index contributed by atoms with van der Waals surface area (Å²) in [5, 5.41) is 0. The molecule has 100 valence electrons. The minimum atomic E-state index is 0.624. The van der Waals surface area contributed by atoms with Crippen LogP contribution in [-0.4, -0.2) is 38.2 Å². The second-order valence-corrected chi connectivity index (χ2v) is 5.02. The molecule has 2 rings (SSSR count). The Bertz CT molecular complexity index is 367. The second kappa shape index (κ2) is 6.76. The summed E-state index contributed by atoms with van der Waals surface area (Å²) >= 11 is 0. The zero-order chi connectivity index (χ0) is 12.8. The van der Waals surface area contributed by atoms with Crippen LogP contribution in [0.2, 0.25) is 0 Å². The van der Waals surface area contributed by atoms with Gasteiger partial charge in [-0.15, -0.1) is 0 Å². The van der Waals surface area contributed by atoms with Crippen LogP contribution in [0, 0.1) is 0 Å². The van der Waals surface area contributed by atoms with Gasteiger partial charge < -0.3 is 15.4 Å². The minimum absolute atomic E-state index is 0.624. The van der Waals surface area contributed by atoms with Gasteiger partial charge in [-0.25, -0.2) is 0 Å². The van der Waals surface area contributed by atoms with Crippen LogP contribution in [0.3, 0.4) is 0 Å². The molecule has 1 aliphatic heterocycles. The van der Waals surface area contributed by atoms with Crippen molar-refractivity contribution in [1.29, 1.82) is 0 Å². The molecule has 1 saturated heterocycles. The predicted octanol–water partition coefficient (Wildman–Crippen LogP) is 2.22. The number of likely N-dealkylation sites (tertiary alicyclic amines) is 1. The highest BCUT2D eigenvalue weighted by atomic mass is 16.5. The van der Waals surface area contributed by atoms with Crippen LogP contribution >= 0.6 is 0 Å². The molecule has 0 bridgehead atoms. The molecule has 0 spiro atoms. The van der Waals surface area contributed by atoms with E-state index in [-0.39, 0.29) is 0 Å². The van der Waals surface area contributed by atoms with E-state index >= 15 is 0 Å². The van der Waals surface area contributed by atoms with Gasteiger partial charge in [0.1, 0.15) is 5.75 Å². The van der Waals surface area contributed by atoms with Crippen LogP contribution in [-0.2, 0) is 0 Å². The Morgan fingerprint density at radius 2 is 2.17 bits per heavy atom. The number of methoxy groups -OCH3 is 1. The number of nitrogens with two attached hydrogens (primary N) is 1. The summed E-state index contributed by atoms with van der Waals surface area (Å²) in [7, 11) is 1.76. The molecule has 1 aromatic carbocycles. The highest BCUT2D eigenvalue weighted by molar-refractivity contribution is 5.36. The van der Waals surface area contributed by atoms with E-state index < -0.39 is 0 Å². The SMILES string of the molecule is COc1ccccc1[C@H]1CCN(CCCCN)C1. The maximum absolute atomic E-state index is 5.53. The topological polar surface area (TPSA) is 38.5 Å². The number of nitrogens with zero attached hydrogens (tertiary/aromatic N) is 1. The zero-order valence-electron chi connectivity index (χ0n) is 11.3.